The molecule has 0 unspecified atom stereocenters. The zero-order valence-corrected chi connectivity index (χ0v) is 20.0. The van der Waals surface area contributed by atoms with E-state index in [1.165, 1.54) is 0 Å². The first kappa shape index (κ1) is 21.7. The normalized spacial score (nSPS) is 18.2. The SMILES string of the molecule is Cc1cc2cccc(C(=O)N3CCCC(C)(C)[C@H]3CNc3ncc(Br)cn3)c2nc1C. The molecule has 1 N–H and O–H groups in total. The molecule has 1 amide bonds. The van der Waals surface area contributed by atoms with E-state index in [2.05, 4.69) is 58.1 Å². The van der Waals surface area contributed by atoms with Crippen LogP contribution in [0, 0.1) is 19.3 Å². The van der Waals surface area contributed by atoms with E-state index in [9.17, 15) is 4.79 Å². The van der Waals surface area contributed by atoms with Crippen molar-refractivity contribution in [2.75, 3.05) is 18.4 Å². The predicted octanol–water partition coefficient (Wildman–Crippen LogP) is 5.15. The number of anilines is 1. The van der Waals surface area contributed by atoms with E-state index in [1.54, 1.807) is 12.4 Å². The van der Waals surface area contributed by atoms with Crippen molar-refractivity contribution >= 4 is 38.7 Å². The lowest BCUT2D eigenvalue weighted by Gasteiger charge is -2.46. The lowest BCUT2D eigenvalue weighted by atomic mass is 9.76. The third-order valence-electron chi connectivity index (χ3n) is 6.35. The Balaban J connectivity index is 1.65. The lowest BCUT2D eigenvalue weighted by molar-refractivity contribution is 0.0321. The number of hydrogen-bond acceptors (Lipinski definition) is 5. The van der Waals surface area contributed by atoms with Crippen LogP contribution in [-0.2, 0) is 0 Å². The van der Waals surface area contributed by atoms with Crippen molar-refractivity contribution in [3.63, 3.8) is 0 Å². The molecular formula is C24H28BrN5O. The van der Waals surface area contributed by atoms with Gasteiger partial charge in [-0.15, -0.1) is 0 Å². The summed E-state index contributed by atoms with van der Waals surface area (Å²) in [5.74, 6) is 0.604. The van der Waals surface area contributed by atoms with Gasteiger partial charge in [-0.2, -0.15) is 0 Å². The van der Waals surface area contributed by atoms with Crippen LogP contribution in [0.5, 0.6) is 0 Å². The molecule has 0 bridgehead atoms. The minimum absolute atomic E-state index is 0.0165. The number of rotatable bonds is 4. The summed E-state index contributed by atoms with van der Waals surface area (Å²) in [5, 5.41) is 4.34. The van der Waals surface area contributed by atoms with Gasteiger partial charge in [0.25, 0.3) is 5.91 Å². The van der Waals surface area contributed by atoms with E-state index in [4.69, 9.17) is 4.98 Å². The first-order valence-electron chi connectivity index (χ1n) is 10.7. The summed E-state index contributed by atoms with van der Waals surface area (Å²) < 4.78 is 0.835. The number of para-hydroxylation sites is 1. The summed E-state index contributed by atoms with van der Waals surface area (Å²) in [6.07, 6.45) is 5.49. The Kier molecular flexibility index (Phi) is 5.97. The molecule has 4 rings (SSSR count). The van der Waals surface area contributed by atoms with Crippen LogP contribution in [0.3, 0.4) is 0 Å². The van der Waals surface area contributed by atoms with Gasteiger partial charge in [0.2, 0.25) is 5.95 Å². The number of fused-ring (bicyclic) bond motifs is 1. The van der Waals surface area contributed by atoms with Gasteiger partial charge in [-0.05, 0) is 65.7 Å². The number of amides is 1. The second-order valence-corrected chi connectivity index (χ2v) is 9.90. The Morgan fingerprint density at radius 3 is 2.74 bits per heavy atom. The van der Waals surface area contributed by atoms with Crippen LogP contribution >= 0.6 is 15.9 Å². The van der Waals surface area contributed by atoms with E-state index >= 15 is 0 Å². The molecule has 0 radical (unpaired) electrons. The van der Waals surface area contributed by atoms with Crippen LogP contribution in [0.2, 0.25) is 0 Å². The quantitative estimate of drug-likeness (QED) is 0.557. The molecule has 1 fully saturated rings. The lowest BCUT2D eigenvalue weighted by Crippen LogP contribution is -2.55. The van der Waals surface area contributed by atoms with Gasteiger partial charge in [-0.25, -0.2) is 9.97 Å². The Morgan fingerprint density at radius 2 is 2.00 bits per heavy atom. The number of piperidine rings is 1. The number of nitrogens with zero attached hydrogens (tertiary/aromatic N) is 4. The van der Waals surface area contributed by atoms with E-state index < -0.39 is 0 Å². The maximum absolute atomic E-state index is 13.8. The number of halogens is 1. The molecule has 2 aromatic heterocycles. The Morgan fingerprint density at radius 1 is 1.26 bits per heavy atom. The van der Waals surface area contributed by atoms with Gasteiger partial charge in [0.1, 0.15) is 0 Å². The van der Waals surface area contributed by atoms with Crippen LogP contribution in [-0.4, -0.2) is 44.9 Å². The molecule has 1 aliphatic rings. The molecule has 6 nitrogen and oxygen atoms in total. The Hall–Kier alpha value is -2.54. The zero-order chi connectivity index (χ0) is 22.2. The molecule has 3 heterocycles. The average Bonchev–Trinajstić information content (AvgIpc) is 2.73. The molecule has 1 aliphatic heterocycles. The highest BCUT2D eigenvalue weighted by atomic mass is 79.9. The van der Waals surface area contributed by atoms with Gasteiger partial charge < -0.3 is 10.2 Å². The van der Waals surface area contributed by atoms with E-state index in [1.807, 2.05) is 30.0 Å². The minimum Gasteiger partial charge on any atom is -0.352 e. The monoisotopic (exact) mass is 481 g/mol. The fraction of sp³-hybridized carbons (Fsp3) is 0.417. The van der Waals surface area contributed by atoms with E-state index in [-0.39, 0.29) is 17.4 Å². The van der Waals surface area contributed by atoms with E-state index in [0.29, 0.717) is 18.1 Å². The van der Waals surface area contributed by atoms with Gasteiger partial charge in [-0.1, -0.05) is 26.0 Å². The van der Waals surface area contributed by atoms with Crippen molar-refractivity contribution in [3.05, 3.63) is 58.0 Å². The van der Waals surface area contributed by atoms with Gasteiger partial charge in [0, 0.05) is 36.6 Å². The summed E-state index contributed by atoms with van der Waals surface area (Å²) in [5.41, 5.74) is 3.51. The molecule has 0 saturated carbocycles. The Bertz CT molecular complexity index is 1110. The number of carbonyl (C=O) groups is 1. The number of aryl methyl sites for hydroxylation is 2. The number of carbonyl (C=O) groups excluding carboxylic acids is 1. The third kappa shape index (κ3) is 4.42. The van der Waals surface area contributed by atoms with Crippen molar-refractivity contribution < 1.29 is 4.79 Å². The molecule has 31 heavy (non-hydrogen) atoms. The maximum Gasteiger partial charge on any atom is 0.256 e. The number of hydrogen-bond donors (Lipinski definition) is 1. The minimum atomic E-state index is -0.0270. The molecule has 1 aromatic carbocycles. The van der Waals surface area contributed by atoms with Crippen LogP contribution < -0.4 is 5.32 Å². The fourth-order valence-electron chi connectivity index (χ4n) is 4.39. The zero-order valence-electron chi connectivity index (χ0n) is 18.4. The van der Waals surface area contributed by atoms with Gasteiger partial charge in [0.05, 0.1) is 21.6 Å². The number of likely N-dealkylation sites (tertiary alicyclic amines) is 1. The molecule has 0 spiro atoms. The van der Waals surface area contributed by atoms with Gasteiger partial charge in [-0.3, -0.25) is 9.78 Å². The van der Waals surface area contributed by atoms with Crippen LogP contribution in [0.1, 0.15) is 48.3 Å². The van der Waals surface area contributed by atoms with Crippen molar-refractivity contribution in [1.29, 1.82) is 0 Å². The standard InChI is InChI=1S/C24H28BrN5O/c1-15-11-17-7-5-8-19(21(17)29-16(15)2)22(31)30-10-6-9-24(3,4)20(30)14-28-23-26-12-18(25)13-27-23/h5,7-8,11-13,20H,6,9-10,14H2,1-4H3,(H,26,27,28)/t20-/m1/s1. The number of benzene rings is 1. The smallest absolute Gasteiger partial charge is 0.256 e. The molecule has 1 atom stereocenters. The summed E-state index contributed by atoms with van der Waals surface area (Å²) >= 11 is 3.36. The molecule has 0 aliphatic carbocycles. The number of nitrogens with one attached hydrogen (secondary N) is 1. The summed E-state index contributed by atoms with van der Waals surface area (Å²) in [4.78, 5) is 29.2. The second kappa shape index (κ2) is 8.54. The average molecular weight is 482 g/mol. The molecule has 3 aromatic rings. The van der Waals surface area contributed by atoms with Crippen LogP contribution in [0.4, 0.5) is 5.95 Å². The van der Waals surface area contributed by atoms with E-state index in [0.717, 1.165) is 46.0 Å². The van der Waals surface area contributed by atoms with Crippen LogP contribution in [0.25, 0.3) is 10.9 Å². The number of aromatic nitrogens is 3. The summed E-state index contributed by atoms with van der Waals surface area (Å²) in [7, 11) is 0. The topological polar surface area (TPSA) is 71.0 Å². The van der Waals surface area contributed by atoms with Crippen molar-refractivity contribution in [2.24, 2.45) is 5.41 Å². The predicted molar refractivity (Wildman–Crippen MR) is 127 cm³/mol. The first-order chi connectivity index (χ1) is 14.8. The number of pyridine rings is 1. The summed E-state index contributed by atoms with van der Waals surface area (Å²) in [6, 6.07) is 8.00. The van der Waals surface area contributed by atoms with Gasteiger partial charge >= 0.3 is 0 Å². The maximum atomic E-state index is 13.8. The first-order valence-corrected chi connectivity index (χ1v) is 11.4. The van der Waals surface area contributed by atoms with Crippen LogP contribution in [0.15, 0.2) is 41.1 Å². The van der Waals surface area contributed by atoms with Crippen molar-refractivity contribution in [2.45, 2.75) is 46.6 Å². The highest BCUT2D eigenvalue weighted by molar-refractivity contribution is 9.10. The third-order valence-corrected chi connectivity index (χ3v) is 6.76. The summed E-state index contributed by atoms with van der Waals surface area (Å²) in [6.45, 7) is 9.83. The van der Waals surface area contributed by atoms with Crippen molar-refractivity contribution in [1.82, 2.24) is 19.9 Å². The second-order valence-electron chi connectivity index (χ2n) is 8.98. The largest absolute Gasteiger partial charge is 0.352 e. The Labute approximate surface area is 191 Å². The van der Waals surface area contributed by atoms with Gasteiger partial charge in [0.15, 0.2) is 0 Å². The highest BCUT2D eigenvalue weighted by Gasteiger charge is 2.40. The highest BCUT2D eigenvalue weighted by Crippen LogP contribution is 2.36. The fourth-order valence-corrected chi connectivity index (χ4v) is 4.60. The molecule has 1 saturated heterocycles. The molecule has 7 heteroatoms. The molecular weight excluding hydrogens is 454 g/mol. The molecule has 162 valence electrons. The van der Waals surface area contributed by atoms with Crippen molar-refractivity contribution in [3.8, 4) is 0 Å².